The number of allylic oxidation sites excluding steroid dienone is 2. The Hall–Kier alpha value is -2.33. The van der Waals surface area contributed by atoms with Gasteiger partial charge in [-0.05, 0) is 38.8 Å². The zero-order valence-corrected chi connectivity index (χ0v) is 15.5. The Kier molecular flexibility index (Phi) is 5.62. The highest BCUT2D eigenvalue weighted by molar-refractivity contribution is 8.14. The topological polar surface area (TPSA) is 92.7 Å². The Morgan fingerprint density at radius 2 is 2.31 bits per heavy atom. The zero-order chi connectivity index (χ0) is 18.7. The van der Waals surface area contributed by atoms with Crippen LogP contribution < -0.4 is 0 Å². The second-order valence-electron chi connectivity index (χ2n) is 6.51. The summed E-state index contributed by atoms with van der Waals surface area (Å²) in [7, 11) is 0. The lowest BCUT2D eigenvalue weighted by Gasteiger charge is -2.31. The second kappa shape index (κ2) is 7.92. The summed E-state index contributed by atoms with van der Waals surface area (Å²) in [6, 6.07) is 5.79. The molecule has 26 heavy (non-hydrogen) atoms. The minimum Gasteiger partial charge on any atom is -0.469 e. The average Bonchev–Trinajstić information content (AvgIpc) is 3.12. The summed E-state index contributed by atoms with van der Waals surface area (Å²) in [5, 5.41) is 10.3. The van der Waals surface area contributed by atoms with E-state index in [9.17, 15) is 14.9 Å². The van der Waals surface area contributed by atoms with Gasteiger partial charge < -0.3 is 9.15 Å². The van der Waals surface area contributed by atoms with Crippen LogP contribution in [0, 0.1) is 17.2 Å². The summed E-state index contributed by atoms with van der Waals surface area (Å²) in [5.74, 6) is -0.787. The fraction of sp³-hybridized carbons (Fsp3) is 0.474. The van der Waals surface area contributed by atoms with Gasteiger partial charge in [-0.25, -0.2) is 4.99 Å². The Morgan fingerprint density at radius 1 is 1.50 bits per heavy atom. The molecule has 0 saturated heterocycles. The molecule has 0 amide bonds. The lowest BCUT2D eigenvalue weighted by molar-refractivity contribution is -0.144. The minimum absolute atomic E-state index is 0.0277. The maximum absolute atomic E-state index is 12.5. The van der Waals surface area contributed by atoms with E-state index in [1.807, 2.05) is 0 Å². The van der Waals surface area contributed by atoms with E-state index in [1.165, 1.54) is 18.0 Å². The summed E-state index contributed by atoms with van der Waals surface area (Å²) in [4.78, 5) is 29.0. The minimum atomic E-state index is -0.654. The van der Waals surface area contributed by atoms with Gasteiger partial charge in [-0.2, -0.15) is 5.26 Å². The smallest absolute Gasteiger partial charge is 0.316 e. The van der Waals surface area contributed by atoms with E-state index in [2.05, 4.69) is 11.1 Å². The molecule has 3 rings (SSSR count). The van der Waals surface area contributed by atoms with E-state index >= 15 is 0 Å². The van der Waals surface area contributed by atoms with E-state index in [4.69, 9.17) is 9.15 Å². The Morgan fingerprint density at radius 3 is 2.96 bits per heavy atom. The molecule has 1 aromatic heterocycles. The van der Waals surface area contributed by atoms with Gasteiger partial charge in [-0.3, -0.25) is 9.59 Å². The maximum Gasteiger partial charge on any atom is 0.316 e. The first-order valence-corrected chi connectivity index (χ1v) is 9.60. The monoisotopic (exact) mass is 372 g/mol. The molecule has 1 aromatic rings. The molecule has 0 spiro atoms. The average molecular weight is 372 g/mol. The number of hydrogen-bond donors (Lipinski definition) is 0. The highest BCUT2D eigenvalue weighted by Crippen LogP contribution is 2.44. The molecule has 0 aromatic carbocycles. The molecule has 2 aliphatic rings. The van der Waals surface area contributed by atoms with Crippen molar-refractivity contribution >= 4 is 28.6 Å². The number of ether oxygens (including phenoxy) is 1. The van der Waals surface area contributed by atoms with Gasteiger partial charge in [0.15, 0.2) is 5.78 Å². The van der Waals surface area contributed by atoms with E-state index in [1.54, 1.807) is 26.0 Å². The van der Waals surface area contributed by atoms with E-state index in [0.717, 1.165) is 6.42 Å². The van der Waals surface area contributed by atoms with Crippen molar-refractivity contribution in [3.05, 3.63) is 35.4 Å². The molecule has 0 N–H and O–H groups in total. The van der Waals surface area contributed by atoms with Crippen LogP contribution in [-0.2, 0) is 14.3 Å². The number of furan rings is 1. The van der Waals surface area contributed by atoms with Crippen molar-refractivity contribution in [2.24, 2.45) is 10.9 Å². The third-order valence-corrected chi connectivity index (χ3v) is 5.30. The second-order valence-corrected chi connectivity index (χ2v) is 7.51. The highest BCUT2D eigenvalue weighted by atomic mass is 32.2. The van der Waals surface area contributed by atoms with Crippen LogP contribution in [0.25, 0.3) is 0 Å². The van der Waals surface area contributed by atoms with Gasteiger partial charge in [0.05, 0.1) is 35.2 Å². The Bertz CT molecular complexity index is 802. The standard InChI is InChI=1S/C19H20N2O4S/c1-11(2)25-16(23)10-26-19-12(9-20)17(15-7-4-8-24-15)18-13(21-19)5-3-6-14(18)22/h4,7-8,11-12,17H,3,5-6,10H2,1-2H3/t12?,17-/m0/s1. The van der Waals surface area contributed by atoms with Crippen LogP contribution in [0.3, 0.4) is 0 Å². The molecule has 1 unspecified atom stereocenters. The van der Waals surface area contributed by atoms with Crippen molar-refractivity contribution in [1.82, 2.24) is 0 Å². The molecule has 1 aliphatic heterocycles. The van der Waals surface area contributed by atoms with Crippen LogP contribution in [0.4, 0.5) is 0 Å². The largest absolute Gasteiger partial charge is 0.469 e. The fourth-order valence-corrected chi connectivity index (χ4v) is 4.16. The van der Waals surface area contributed by atoms with Gasteiger partial charge in [0, 0.05) is 17.7 Å². The summed E-state index contributed by atoms with van der Waals surface area (Å²) < 4.78 is 10.7. The molecular formula is C19H20N2O4S. The first kappa shape index (κ1) is 18.5. The number of thioether (sulfide) groups is 1. The van der Waals surface area contributed by atoms with Crippen molar-refractivity contribution in [2.45, 2.75) is 45.1 Å². The number of nitriles is 1. The summed E-state index contributed by atoms with van der Waals surface area (Å²) in [5.41, 5.74) is 1.31. The van der Waals surface area contributed by atoms with Crippen molar-refractivity contribution in [1.29, 1.82) is 5.26 Å². The molecule has 0 fully saturated rings. The molecule has 2 heterocycles. The van der Waals surface area contributed by atoms with Crippen LogP contribution in [0.2, 0.25) is 0 Å². The number of esters is 1. The van der Waals surface area contributed by atoms with Gasteiger partial charge in [-0.1, -0.05) is 11.8 Å². The van der Waals surface area contributed by atoms with E-state index < -0.39 is 11.8 Å². The van der Waals surface area contributed by atoms with Crippen molar-refractivity contribution in [2.75, 3.05) is 5.75 Å². The molecule has 0 bridgehead atoms. The normalized spacial score (nSPS) is 22.7. The predicted molar refractivity (Wildman–Crippen MR) is 97.6 cm³/mol. The van der Waals surface area contributed by atoms with Crippen LogP contribution in [0.1, 0.15) is 44.8 Å². The van der Waals surface area contributed by atoms with E-state index in [0.29, 0.717) is 34.9 Å². The van der Waals surface area contributed by atoms with Crippen molar-refractivity contribution in [3.63, 3.8) is 0 Å². The molecular weight excluding hydrogens is 352 g/mol. The number of aliphatic imine (C=N–C) groups is 1. The molecule has 6 nitrogen and oxygen atoms in total. The van der Waals surface area contributed by atoms with Gasteiger partial charge in [0.2, 0.25) is 0 Å². The van der Waals surface area contributed by atoms with E-state index in [-0.39, 0.29) is 23.6 Å². The molecule has 7 heteroatoms. The molecule has 136 valence electrons. The number of nitrogens with zero attached hydrogens (tertiary/aromatic N) is 2. The Balaban J connectivity index is 1.93. The summed E-state index contributed by atoms with van der Waals surface area (Å²) in [6.45, 7) is 3.58. The molecule has 1 aliphatic carbocycles. The summed E-state index contributed by atoms with van der Waals surface area (Å²) in [6.07, 6.45) is 3.25. The van der Waals surface area contributed by atoms with Crippen LogP contribution in [0.5, 0.6) is 0 Å². The van der Waals surface area contributed by atoms with Gasteiger partial charge in [0.25, 0.3) is 0 Å². The number of rotatable bonds is 4. The molecule has 0 saturated carbocycles. The van der Waals surface area contributed by atoms with Crippen molar-refractivity contribution in [3.8, 4) is 6.07 Å². The number of carbonyl (C=O) groups excluding carboxylic acids is 2. The molecule has 0 radical (unpaired) electrons. The lowest BCUT2D eigenvalue weighted by Crippen LogP contribution is -2.31. The first-order chi connectivity index (χ1) is 12.5. The van der Waals surface area contributed by atoms with Gasteiger partial charge in [-0.15, -0.1) is 0 Å². The zero-order valence-electron chi connectivity index (χ0n) is 14.7. The SMILES string of the molecule is CC(C)OC(=O)CSC1=NC2=C(C(=O)CCC2)[C@H](c2ccco2)C1C#N. The quantitative estimate of drug-likeness (QED) is 0.750. The van der Waals surface area contributed by atoms with Gasteiger partial charge >= 0.3 is 5.97 Å². The third kappa shape index (κ3) is 3.75. The molecule has 2 atom stereocenters. The first-order valence-electron chi connectivity index (χ1n) is 8.61. The predicted octanol–water partition coefficient (Wildman–Crippen LogP) is 3.61. The maximum atomic E-state index is 12.5. The third-order valence-electron chi connectivity index (χ3n) is 4.28. The highest BCUT2D eigenvalue weighted by Gasteiger charge is 2.42. The van der Waals surface area contributed by atoms with Gasteiger partial charge in [0.1, 0.15) is 11.7 Å². The van der Waals surface area contributed by atoms with Crippen LogP contribution in [-0.4, -0.2) is 28.7 Å². The number of ketones is 1. The fourth-order valence-electron chi connectivity index (χ4n) is 3.28. The van der Waals surface area contributed by atoms with Crippen LogP contribution >= 0.6 is 11.8 Å². The van der Waals surface area contributed by atoms with Crippen molar-refractivity contribution < 1.29 is 18.7 Å². The number of hydrogen-bond acceptors (Lipinski definition) is 7. The summed E-state index contributed by atoms with van der Waals surface area (Å²) >= 11 is 1.20. The lowest BCUT2D eigenvalue weighted by atomic mass is 9.76. The number of carbonyl (C=O) groups is 2. The number of Topliss-reactive ketones (excluding diaryl/α,β-unsaturated/α-hetero) is 1. The Labute approximate surface area is 156 Å². The van der Waals surface area contributed by atoms with Crippen LogP contribution in [0.15, 0.2) is 39.1 Å².